The minimum atomic E-state index is -1.09. The van der Waals surface area contributed by atoms with Gasteiger partial charge in [-0.1, -0.05) is 0 Å². The number of rotatable bonds is 2. The van der Waals surface area contributed by atoms with Crippen LogP contribution in [0.15, 0.2) is 30.9 Å². The maximum absolute atomic E-state index is 10.7. The molecule has 0 atom stereocenters. The van der Waals surface area contributed by atoms with Crippen LogP contribution in [-0.4, -0.2) is 31.0 Å². The molecular formula is C9H6N4O2. The van der Waals surface area contributed by atoms with Crippen LogP contribution in [0.1, 0.15) is 10.5 Å². The second-order valence-corrected chi connectivity index (χ2v) is 2.66. The molecule has 2 heterocycles. The van der Waals surface area contributed by atoms with Crippen molar-refractivity contribution in [3.05, 3.63) is 36.5 Å². The third-order valence-electron chi connectivity index (χ3n) is 1.67. The molecule has 0 aromatic carbocycles. The van der Waals surface area contributed by atoms with Crippen molar-refractivity contribution in [3.8, 4) is 11.5 Å². The van der Waals surface area contributed by atoms with Crippen LogP contribution in [-0.2, 0) is 0 Å². The Morgan fingerprint density at radius 1 is 1.20 bits per heavy atom. The quantitative estimate of drug-likeness (QED) is 0.768. The maximum atomic E-state index is 10.7. The van der Waals surface area contributed by atoms with Gasteiger partial charge in [0.25, 0.3) is 0 Å². The Labute approximate surface area is 84.7 Å². The van der Waals surface area contributed by atoms with Crippen LogP contribution in [0.4, 0.5) is 0 Å². The number of aromatic nitrogens is 4. The standard InChI is InChI=1S/C9H6N4O2/c14-9(15)6-1-2-12-8(13-6)7-5-10-3-4-11-7/h1-5H,(H,14,15). The summed E-state index contributed by atoms with van der Waals surface area (Å²) in [4.78, 5) is 26.2. The van der Waals surface area contributed by atoms with E-state index in [1.165, 1.54) is 30.9 Å². The number of nitrogens with zero attached hydrogens (tertiary/aromatic N) is 4. The third-order valence-corrected chi connectivity index (χ3v) is 1.67. The summed E-state index contributed by atoms with van der Waals surface area (Å²) in [7, 11) is 0. The smallest absolute Gasteiger partial charge is 0.354 e. The summed E-state index contributed by atoms with van der Waals surface area (Å²) in [6.45, 7) is 0. The van der Waals surface area contributed by atoms with E-state index in [0.29, 0.717) is 5.69 Å². The molecule has 2 aromatic heterocycles. The zero-order valence-electron chi connectivity index (χ0n) is 7.53. The highest BCUT2D eigenvalue weighted by Gasteiger charge is 2.08. The van der Waals surface area contributed by atoms with Crippen LogP contribution in [0.5, 0.6) is 0 Å². The molecule has 0 saturated carbocycles. The van der Waals surface area contributed by atoms with E-state index in [1.54, 1.807) is 0 Å². The van der Waals surface area contributed by atoms with Gasteiger partial charge in [-0.3, -0.25) is 4.98 Å². The minimum Gasteiger partial charge on any atom is -0.477 e. The Balaban J connectivity index is 2.46. The molecule has 0 aliphatic carbocycles. The van der Waals surface area contributed by atoms with Gasteiger partial charge in [-0.15, -0.1) is 0 Å². The SMILES string of the molecule is O=C(O)c1ccnc(-c2cnccn2)n1. The fourth-order valence-electron chi connectivity index (χ4n) is 1.02. The first-order valence-electron chi connectivity index (χ1n) is 4.10. The normalized spacial score (nSPS) is 9.87. The van der Waals surface area contributed by atoms with Crippen molar-refractivity contribution in [2.45, 2.75) is 0 Å². The van der Waals surface area contributed by atoms with Gasteiger partial charge in [0.15, 0.2) is 11.5 Å². The highest BCUT2D eigenvalue weighted by Crippen LogP contribution is 2.08. The van der Waals surface area contributed by atoms with Crippen LogP contribution >= 0.6 is 0 Å². The molecule has 74 valence electrons. The van der Waals surface area contributed by atoms with Crippen molar-refractivity contribution in [2.75, 3.05) is 0 Å². The van der Waals surface area contributed by atoms with Gasteiger partial charge in [-0.25, -0.2) is 19.7 Å². The number of carboxylic acids is 1. The monoisotopic (exact) mass is 202 g/mol. The average Bonchev–Trinajstić information content (AvgIpc) is 2.30. The van der Waals surface area contributed by atoms with E-state index in [-0.39, 0.29) is 11.5 Å². The van der Waals surface area contributed by atoms with E-state index in [9.17, 15) is 4.79 Å². The zero-order chi connectivity index (χ0) is 10.7. The molecule has 2 rings (SSSR count). The van der Waals surface area contributed by atoms with Gasteiger partial charge in [0.1, 0.15) is 5.69 Å². The lowest BCUT2D eigenvalue weighted by Crippen LogP contribution is -2.02. The number of aromatic carboxylic acids is 1. The van der Waals surface area contributed by atoms with E-state index in [0.717, 1.165) is 0 Å². The largest absolute Gasteiger partial charge is 0.477 e. The molecule has 6 nitrogen and oxygen atoms in total. The maximum Gasteiger partial charge on any atom is 0.354 e. The average molecular weight is 202 g/mol. The van der Waals surface area contributed by atoms with Gasteiger partial charge >= 0.3 is 5.97 Å². The van der Waals surface area contributed by atoms with E-state index in [4.69, 9.17) is 5.11 Å². The number of hydrogen-bond donors (Lipinski definition) is 1. The van der Waals surface area contributed by atoms with E-state index >= 15 is 0 Å². The first kappa shape index (κ1) is 9.20. The first-order valence-corrected chi connectivity index (χ1v) is 4.10. The highest BCUT2D eigenvalue weighted by molar-refractivity contribution is 5.85. The number of hydrogen-bond acceptors (Lipinski definition) is 5. The van der Waals surface area contributed by atoms with Gasteiger partial charge in [-0.2, -0.15) is 0 Å². The van der Waals surface area contributed by atoms with E-state index < -0.39 is 5.97 Å². The van der Waals surface area contributed by atoms with Crippen LogP contribution in [0.25, 0.3) is 11.5 Å². The van der Waals surface area contributed by atoms with Crippen molar-refractivity contribution < 1.29 is 9.90 Å². The summed E-state index contributed by atoms with van der Waals surface area (Å²) in [6.07, 6.45) is 5.86. The Morgan fingerprint density at radius 2 is 2.07 bits per heavy atom. The topological polar surface area (TPSA) is 88.9 Å². The predicted octanol–water partition coefficient (Wildman–Crippen LogP) is 0.632. The summed E-state index contributed by atoms with van der Waals surface area (Å²) in [5.74, 6) is -0.842. The van der Waals surface area contributed by atoms with Crippen LogP contribution < -0.4 is 0 Å². The molecular weight excluding hydrogens is 196 g/mol. The van der Waals surface area contributed by atoms with E-state index in [1.807, 2.05) is 0 Å². The fourth-order valence-corrected chi connectivity index (χ4v) is 1.02. The van der Waals surface area contributed by atoms with Gasteiger partial charge < -0.3 is 5.11 Å². The molecule has 6 heteroatoms. The third kappa shape index (κ3) is 1.93. The van der Waals surface area contributed by atoms with Gasteiger partial charge in [0, 0.05) is 18.6 Å². The molecule has 0 fully saturated rings. The molecule has 0 spiro atoms. The Kier molecular flexibility index (Phi) is 2.32. The molecule has 0 saturated heterocycles. The lowest BCUT2D eigenvalue weighted by atomic mass is 10.3. The summed E-state index contributed by atoms with van der Waals surface area (Å²) in [6, 6.07) is 1.32. The predicted molar refractivity (Wildman–Crippen MR) is 50.0 cm³/mol. The number of carbonyl (C=O) groups is 1. The molecule has 1 N–H and O–H groups in total. The lowest BCUT2D eigenvalue weighted by molar-refractivity contribution is 0.0690. The van der Waals surface area contributed by atoms with Gasteiger partial charge in [0.2, 0.25) is 0 Å². The molecule has 0 amide bonds. The fraction of sp³-hybridized carbons (Fsp3) is 0. The summed E-state index contributed by atoms with van der Waals surface area (Å²) in [5, 5.41) is 8.73. The second-order valence-electron chi connectivity index (χ2n) is 2.66. The highest BCUT2D eigenvalue weighted by atomic mass is 16.4. The molecule has 15 heavy (non-hydrogen) atoms. The lowest BCUT2D eigenvalue weighted by Gasteiger charge is -1.98. The summed E-state index contributed by atoms with van der Waals surface area (Å²) < 4.78 is 0. The molecule has 0 radical (unpaired) electrons. The van der Waals surface area contributed by atoms with Crippen molar-refractivity contribution in [2.24, 2.45) is 0 Å². The van der Waals surface area contributed by atoms with Crippen molar-refractivity contribution >= 4 is 5.97 Å². The molecule has 0 unspecified atom stereocenters. The number of carboxylic acid groups (broad SMARTS) is 1. The minimum absolute atomic E-state index is 0.0642. The molecule has 0 bridgehead atoms. The summed E-state index contributed by atoms with van der Waals surface area (Å²) >= 11 is 0. The molecule has 0 aliphatic heterocycles. The second kappa shape index (κ2) is 3.79. The van der Waals surface area contributed by atoms with Crippen molar-refractivity contribution in [3.63, 3.8) is 0 Å². The summed E-state index contributed by atoms with van der Waals surface area (Å²) in [5.41, 5.74) is 0.381. The van der Waals surface area contributed by atoms with E-state index in [2.05, 4.69) is 19.9 Å². The first-order chi connectivity index (χ1) is 7.27. The van der Waals surface area contributed by atoms with Crippen LogP contribution in [0, 0.1) is 0 Å². The van der Waals surface area contributed by atoms with Gasteiger partial charge in [0.05, 0.1) is 6.20 Å². The Hall–Kier alpha value is -2.37. The zero-order valence-corrected chi connectivity index (χ0v) is 7.53. The molecule has 2 aromatic rings. The van der Waals surface area contributed by atoms with Gasteiger partial charge in [-0.05, 0) is 6.07 Å². The van der Waals surface area contributed by atoms with Crippen molar-refractivity contribution in [1.82, 2.24) is 19.9 Å². The van der Waals surface area contributed by atoms with Crippen LogP contribution in [0.2, 0.25) is 0 Å². The Morgan fingerprint density at radius 3 is 2.73 bits per heavy atom. The molecule has 0 aliphatic rings. The van der Waals surface area contributed by atoms with Crippen molar-refractivity contribution in [1.29, 1.82) is 0 Å². The Bertz CT molecular complexity index is 486. The van der Waals surface area contributed by atoms with Crippen LogP contribution in [0.3, 0.4) is 0 Å².